The summed E-state index contributed by atoms with van der Waals surface area (Å²) >= 11 is 6.20. The number of hydrogen-bond donors (Lipinski definition) is 1. The molecule has 0 aliphatic carbocycles. The van der Waals surface area contributed by atoms with Crippen molar-refractivity contribution in [2.45, 2.75) is 31.7 Å². The van der Waals surface area contributed by atoms with E-state index in [1.165, 1.54) is 0 Å². The van der Waals surface area contributed by atoms with Crippen LogP contribution in [0, 0.1) is 0 Å². The summed E-state index contributed by atoms with van der Waals surface area (Å²) in [6.45, 7) is 0.946. The highest BCUT2D eigenvalue weighted by Gasteiger charge is 2.31. The lowest BCUT2D eigenvalue weighted by Crippen LogP contribution is -2.25. The van der Waals surface area contributed by atoms with Crippen LogP contribution in [0.1, 0.15) is 36.8 Å². The Kier molecular flexibility index (Phi) is 5.31. The fourth-order valence-corrected chi connectivity index (χ4v) is 3.55. The van der Waals surface area contributed by atoms with Crippen LogP contribution in [0.5, 0.6) is 0 Å². The molecule has 0 bridgehead atoms. The number of pyridine rings is 1. The largest absolute Gasteiger partial charge is 0.396 e. The molecule has 1 saturated heterocycles. The fraction of sp³-hybridized carbons (Fsp3) is 0.368. The van der Waals surface area contributed by atoms with Gasteiger partial charge in [0.15, 0.2) is 5.76 Å². The lowest BCUT2D eigenvalue weighted by molar-refractivity contribution is 0.288. The van der Waals surface area contributed by atoms with Crippen molar-refractivity contribution in [3.63, 3.8) is 0 Å². The lowest BCUT2D eigenvalue weighted by atomic mass is 10.1. The molecule has 27 heavy (non-hydrogen) atoms. The van der Waals surface area contributed by atoms with E-state index in [-0.39, 0.29) is 12.6 Å². The summed E-state index contributed by atoms with van der Waals surface area (Å²) in [5.41, 5.74) is 2.33. The minimum Gasteiger partial charge on any atom is -0.396 e. The average molecular weight is 386 g/mol. The summed E-state index contributed by atoms with van der Waals surface area (Å²) < 4.78 is 5.63. The van der Waals surface area contributed by atoms with Crippen LogP contribution in [0.25, 0.3) is 11.4 Å². The number of aliphatic hydroxyl groups excluding tert-OH is 1. The first kappa shape index (κ1) is 17.9. The van der Waals surface area contributed by atoms with Gasteiger partial charge in [0.05, 0.1) is 11.7 Å². The van der Waals surface area contributed by atoms with Crippen LogP contribution in [-0.4, -0.2) is 38.4 Å². The van der Waals surface area contributed by atoms with Gasteiger partial charge >= 0.3 is 0 Å². The first-order valence-corrected chi connectivity index (χ1v) is 9.41. The standard InChI is InChI=1S/C19H20ClN5O2/c20-18-11-13(5-4-10-26)22-19(23-18)25-9-3-7-16(25)17-12-15(24-27-17)14-6-1-2-8-21-14/h1-2,6,8,11-12,16,26H,3-5,7,9-10H2. The number of aryl methyl sites for hydroxylation is 1. The van der Waals surface area contributed by atoms with Gasteiger partial charge < -0.3 is 14.5 Å². The smallest absolute Gasteiger partial charge is 0.227 e. The van der Waals surface area contributed by atoms with Crippen molar-refractivity contribution in [3.8, 4) is 11.4 Å². The van der Waals surface area contributed by atoms with Crippen molar-refractivity contribution in [2.75, 3.05) is 18.1 Å². The van der Waals surface area contributed by atoms with E-state index in [1.807, 2.05) is 24.3 Å². The molecule has 0 spiro atoms. The van der Waals surface area contributed by atoms with Gasteiger partial charge in [-0.1, -0.05) is 22.8 Å². The Morgan fingerprint density at radius 3 is 2.96 bits per heavy atom. The van der Waals surface area contributed by atoms with Gasteiger partial charge in [-0.05, 0) is 43.9 Å². The second kappa shape index (κ2) is 8.02. The lowest BCUT2D eigenvalue weighted by Gasteiger charge is -2.23. The number of anilines is 1. The number of aromatic nitrogens is 4. The molecule has 0 saturated carbocycles. The highest BCUT2D eigenvalue weighted by molar-refractivity contribution is 6.29. The molecule has 4 heterocycles. The highest BCUT2D eigenvalue weighted by atomic mass is 35.5. The van der Waals surface area contributed by atoms with E-state index in [1.54, 1.807) is 12.3 Å². The number of rotatable bonds is 6. The Labute approximate surface area is 162 Å². The first-order chi connectivity index (χ1) is 13.2. The van der Waals surface area contributed by atoms with Crippen LogP contribution < -0.4 is 4.90 Å². The van der Waals surface area contributed by atoms with Crippen molar-refractivity contribution < 1.29 is 9.63 Å². The molecule has 1 aliphatic rings. The molecule has 1 fully saturated rings. The molecule has 1 N–H and O–H groups in total. The molecule has 1 atom stereocenters. The fourth-order valence-electron chi connectivity index (χ4n) is 3.35. The van der Waals surface area contributed by atoms with Gasteiger partial charge in [0.2, 0.25) is 5.95 Å². The normalized spacial score (nSPS) is 16.8. The Bertz CT molecular complexity index is 902. The summed E-state index contributed by atoms with van der Waals surface area (Å²) in [5.74, 6) is 1.36. The zero-order chi connectivity index (χ0) is 18.6. The van der Waals surface area contributed by atoms with E-state index in [2.05, 4.69) is 25.0 Å². The molecule has 140 valence electrons. The minimum absolute atomic E-state index is 0.0131. The second-order valence-electron chi connectivity index (χ2n) is 6.49. The predicted octanol–water partition coefficient (Wildman–Crippen LogP) is 3.45. The van der Waals surface area contributed by atoms with Crippen molar-refractivity contribution in [1.82, 2.24) is 20.1 Å². The van der Waals surface area contributed by atoms with Crippen LogP contribution in [0.4, 0.5) is 5.95 Å². The number of nitrogens with zero attached hydrogens (tertiary/aromatic N) is 5. The van der Waals surface area contributed by atoms with Crippen molar-refractivity contribution >= 4 is 17.5 Å². The Morgan fingerprint density at radius 2 is 2.15 bits per heavy atom. The monoisotopic (exact) mass is 385 g/mol. The average Bonchev–Trinajstić information content (AvgIpc) is 3.36. The maximum absolute atomic E-state index is 9.05. The Hall–Kier alpha value is -2.51. The third-order valence-electron chi connectivity index (χ3n) is 4.62. The van der Waals surface area contributed by atoms with Gasteiger partial charge in [-0.25, -0.2) is 9.97 Å². The van der Waals surface area contributed by atoms with E-state index >= 15 is 0 Å². The molecule has 1 unspecified atom stereocenters. The quantitative estimate of drug-likeness (QED) is 0.650. The molecular formula is C19H20ClN5O2. The zero-order valence-corrected chi connectivity index (χ0v) is 15.5. The molecular weight excluding hydrogens is 366 g/mol. The van der Waals surface area contributed by atoms with Gasteiger partial charge in [0, 0.05) is 31.1 Å². The van der Waals surface area contributed by atoms with E-state index in [0.717, 1.165) is 36.5 Å². The van der Waals surface area contributed by atoms with Gasteiger partial charge in [0.25, 0.3) is 0 Å². The predicted molar refractivity (Wildman–Crippen MR) is 102 cm³/mol. The molecule has 0 aromatic carbocycles. The Morgan fingerprint density at radius 1 is 1.22 bits per heavy atom. The number of halogens is 1. The molecule has 1 aliphatic heterocycles. The third-order valence-corrected chi connectivity index (χ3v) is 4.81. The molecule has 7 nitrogen and oxygen atoms in total. The van der Waals surface area contributed by atoms with E-state index in [0.29, 0.717) is 29.6 Å². The van der Waals surface area contributed by atoms with Gasteiger partial charge in [-0.3, -0.25) is 4.98 Å². The summed E-state index contributed by atoms with van der Waals surface area (Å²) in [5, 5.41) is 13.6. The summed E-state index contributed by atoms with van der Waals surface area (Å²) in [6.07, 6.45) is 4.98. The topological polar surface area (TPSA) is 88.2 Å². The Balaban J connectivity index is 1.60. The van der Waals surface area contributed by atoms with Crippen LogP contribution in [-0.2, 0) is 6.42 Å². The molecule has 3 aromatic rings. The number of hydrogen-bond acceptors (Lipinski definition) is 7. The van der Waals surface area contributed by atoms with Crippen LogP contribution in [0.15, 0.2) is 41.1 Å². The van der Waals surface area contributed by atoms with E-state index in [9.17, 15) is 0 Å². The zero-order valence-electron chi connectivity index (χ0n) is 14.8. The van der Waals surface area contributed by atoms with Gasteiger partial charge in [-0.15, -0.1) is 0 Å². The molecule has 8 heteroatoms. The number of aliphatic hydroxyl groups is 1. The van der Waals surface area contributed by atoms with Crippen molar-refractivity contribution in [2.24, 2.45) is 0 Å². The van der Waals surface area contributed by atoms with Crippen LogP contribution in [0.2, 0.25) is 5.15 Å². The first-order valence-electron chi connectivity index (χ1n) is 9.03. The SMILES string of the molecule is OCCCc1cc(Cl)nc(N2CCCC2c2cc(-c3ccccn3)no2)n1. The van der Waals surface area contributed by atoms with Crippen LogP contribution in [0.3, 0.4) is 0 Å². The van der Waals surface area contributed by atoms with Crippen molar-refractivity contribution in [3.05, 3.63) is 53.1 Å². The molecule has 0 amide bonds. The van der Waals surface area contributed by atoms with Gasteiger partial charge in [0.1, 0.15) is 10.8 Å². The summed E-state index contributed by atoms with van der Waals surface area (Å²) in [7, 11) is 0. The summed E-state index contributed by atoms with van der Waals surface area (Å²) in [4.78, 5) is 15.5. The maximum Gasteiger partial charge on any atom is 0.227 e. The van der Waals surface area contributed by atoms with Gasteiger partial charge in [-0.2, -0.15) is 0 Å². The summed E-state index contributed by atoms with van der Waals surface area (Å²) in [6, 6.07) is 9.39. The molecule has 4 rings (SSSR count). The maximum atomic E-state index is 9.05. The molecule has 3 aromatic heterocycles. The van der Waals surface area contributed by atoms with E-state index < -0.39 is 0 Å². The second-order valence-corrected chi connectivity index (χ2v) is 6.88. The highest BCUT2D eigenvalue weighted by Crippen LogP contribution is 2.36. The van der Waals surface area contributed by atoms with E-state index in [4.69, 9.17) is 21.2 Å². The molecule has 0 radical (unpaired) electrons. The van der Waals surface area contributed by atoms with Crippen molar-refractivity contribution in [1.29, 1.82) is 0 Å². The minimum atomic E-state index is 0.0131. The third kappa shape index (κ3) is 3.94. The van der Waals surface area contributed by atoms with Crippen LogP contribution >= 0.6 is 11.6 Å².